The van der Waals surface area contributed by atoms with Crippen LogP contribution in [0.2, 0.25) is 0 Å². The average molecular weight is 1560 g/mol. The lowest BCUT2D eigenvalue weighted by atomic mass is 10.0. The predicted molar refractivity (Wildman–Crippen MR) is 442 cm³/mol. The van der Waals surface area contributed by atoms with Gasteiger partial charge in [-0.3, -0.25) is 37.3 Å². The van der Waals surface area contributed by atoms with Gasteiger partial charge in [-0.25, -0.2) is 9.13 Å². The molecule has 0 aliphatic rings. The Kier molecular flexibility index (Phi) is 79.2. The number of ether oxygens (including phenoxy) is 4. The van der Waals surface area contributed by atoms with Crippen molar-refractivity contribution in [2.45, 2.75) is 496 Å². The van der Waals surface area contributed by atoms with Crippen molar-refractivity contribution in [3.63, 3.8) is 0 Å². The van der Waals surface area contributed by atoms with Crippen LogP contribution < -0.4 is 0 Å². The van der Waals surface area contributed by atoms with Crippen molar-refractivity contribution in [1.82, 2.24) is 0 Å². The van der Waals surface area contributed by atoms with E-state index in [1.807, 2.05) is 0 Å². The number of aliphatic hydroxyl groups is 1. The Hall–Kier alpha value is -1.94. The van der Waals surface area contributed by atoms with E-state index >= 15 is 0 Å². The van der Waals surface area contributed by atoms with Crippen LogP contribution in [-0.4, -0.2) is 96.7 Å². The molecule has 0 saturated heterocycles. The molecule has 0 fully saturated rings. The molecular formula is C88H172O17P2. The van der Waals surface area contributed by atoms with Gasteiger partial charge in [-0.05, 0) is 31.6 Å². The van der Waals surface area contributed by atoms with E-state index in [2.05, 4.69) is 34.6 Å². The van der Waals surface area contributed by atoms with Crippen molar-refractivity contribution in [2.75, 3.05) is 39.6 Å². The molecule has 0 rings (SSSR count). The maximum absolute atomic E-state index is 13.2. The predicted octanol–water partition coefficient (Wildman–Crippen LogP) is 27.2. The molecule has 19 heteroatoms. The van der Waals surface area contributed by atoms with Gasteiger partial charge in [0.05, 0.1) is 26.4 Å². The maximum atomic E-state index is 13.2. The van der Waals surface area contributed by atoms with E-state index < -0.39 is 97.5 Å². The van der Waals surface area contributed by atoms with Gasteiger partial charge in [0.25, 0.3) is 0 Å². The molecule has 0 heterocycles. The summed E-state index contributed by atoms with van der Waals surface area (Å²) in [7, 11) is -9.93. The number of unbranched alkanes of at least 4 members (excludes halogenated alkanes) is 60. The molecule has 0 aliphatic heterocycles. The third kappa shape index (κ3) is 81.9. The second-order valence-corrected chi connectivity index (χ2v) is 35.0. The molecule has 636 valence electrons. The molecule has 3 N–H and O–H groups in total. The van der Waals surface area contributed by atoms with Gasteiger partial charge >= 0.3 is 39.5 Å². The number of phosphoric acid groups is 2. The van der Waals surface area contributed by atoms with Crippen molar-refractivity contribution in [3.05, 3.63) is 0 Å². The summed E-state index contributed by atoms with van der Waals surface area (Å²) in [5.74, 6) is -1.30. The summed E-state index contributed by atoms with van der Waals surface area (Å²) in [5.41, 5.74) is 0. The summed E-state index contributed by atoms with van der Waals surface area (Å²) < 4.78 is 68.9. The lowest BCUT2D eigenvalue weighted by Gasteiger charge is -2.21. The van der Waals surface area contributed by atoms with Crippen LogP contribution in [0.1, 0.15) is 478 Å². The van der Waals surface area contributed by atoms with Gasteiger partial charge in [0.15, 0.2) is 12.2 Å². The number of aliphatic hydroxyl groups excluding tert-OH is 1. The molecule has 0 amide bonds. The Balaban J connectivity index is 5.17. The summed E-state index contributed by atoms with van der Waals surface area (Å²) in [6.07, 6.45) is 75.2. The molecule has 0 aromatic rings. The molecule has 5 atom stereocenters. The molecular weight excluding hydrogens is 1390 g/mol. The number of phosphoric ester groups is 2. The quantitative estimate of drug-likeness (QED) is 0.0222. The van der Waals surface area contributed by atoms with E-state index in [0.29, 0.717) is 25.7 Å². The van der Waals surface area contributed by atoms with Gasteiger partial charge in [0.2, 0.25) is 0 Å². The topological polar surface area (TPSA) is 237 Å². The minimum atomic E-state index is -4.97. The van der Waals surface area contributed by atoms with Crippen LogP contribution in [0.4, 0.5) is 0 Å². The first-order valence-electron chi connectivity index (χ1n) is 45.6. The first-order chi connectivity index (χ1) is 52.0. The van der Waals surface area contributed by atoms with Gasteiger partial charge < -0.3 is 33.8 Å². The Labute approximate surface area is 658 Å². The number of esters is 4. The normalized spacial score (nSPS) is 13.7. The highest BCUT2D eigenvalue weighted by atomic mass is 31.2. The fraction of sp³-hybridized carbons (Fsp3) is 0.955. The standard InChI is InChI=1S/C88H172O17P2/c1-6-9-12-15-18-21-23-25-27-29-31-32-33-35-37-41-45-49-53-58-63-68-74-88(93)105-84(78-99-86(91)72-67-62-57-52-48-44-40-36-34-30-28-26-24-22-19-16-13-10-7-2)80-103-107(96,97)101-76-82(89)75-100-106(94,95)102-79-83(77-98-85(90)71-66-61-56-20-17-14-11-8-3)104-87(92)73-69-64-59-54-50-46-42-38-39-43-47-51-55-60-65-70-81(4)5/h81-84,89H,6-80H2,1-5H3,(H,94,95)(H,96,97)/t82-,83+,84+/m0/s1. The molecule has 0 saturated carbocycles. The second-order valence-electron chi connectivity index (χ2n) is 32.1. The van der Waals surface area contributed by atoms with Gasteiger partial charge in [-0.15, -0.1) is 0 Å². The third-order valence-corrected chi connectivity index (χ3v) is 22.7. The first kappa shape index (κ1) is 105. The highest BCUT2D eigenvalue weighted by Gasteiger charge is 2.30. The van der Waals surface area contributed by atoms with Crippen molar-refractivity contribution in [1.29, 1.82) is 0 Å². The number of hydrogen-bond acceptors (Lipinski definition) is 15. The molecule has 0 spiro atoms. The number of rotatable bonds is 88. The zero-order valence-electron chi connectivity index (χ0n) is 70.3. The number of hydrogen-bond donors (Lipinski definition) is 3. The highest BCUT2D eigenvalue weighted by molar-refractivity contribution is 7.47. The second kappa shape index (κ2) is 80.7. The smallest absolute Gasteiger partial charge is 0.462 e. The minimum absolute atomic E-state index is 0.108. The Morgan fingerprint density at radius 2 is 0.430 bits per heavy atom. The van der Waals surface area contributed by atoms with E-state index in [1.165, 1.54) is 295 Å². The van der Waals surface area contributed by atoms with Crippen LogP contribution in [0, 0.1) is 5.92 Å². The Morgan fingerprint density at radius 3 is 0.636 bits per heavy atom. The minimum Gasteiger partial charge on any atom is -0.462 e. The number of carbonyl (C=O) groups is 4. The summed E-state index contributed by atoms with van der Waals surface area (Å²) >= 11 is 0. The lowest BCUT2D eigenvalue weighted by molar-refractivity contribution is -0.161. The summed E-state index contributed by atoms with van der Waals surface area (Å²) in [5, 5.41) is 10.7. The molecule has 0 aromatic carbocycles. The third-order valence-electron chi connectivity index (χ3n) is 20.8. The maximum Gasteiger partial charge on any atom is 0.472 e. The largest absolute Gasteiger partial charge is 0.472 e. The van der Waals surface area contributed by atoms with E-state index in [-0.39, 0.29) is 25.7 Å². The Morgan fingerprint density at radius 1 is 0.252 bits per heavy atom. The molecule has 0 aromatic heterocycles. The van der Waals surface area contributed by atoms with Crippen molar-refractivity contribution < 1.29 is 80.2 Å². The Bertz CT molecular complexity index is 2030. The van der Waals surface area contributed by atoms with Gasteiger partial charge in [0.1, 0.15) is 19.3 Å². The molecule has 107 heavy (non-hydrogen) atoms. The van der Waals surface area contributed by atoms with Crippen LogP contribution in [0.15, 0.2) is 0 Å². The van der Waals surface area contributed by atoms with E-state index in [1.54, 1.807) is 0 Å². The lowest BCUT2D eigenvalue weighted by Crippen LogP contribution is -2.30. The van der Waals surface area contributed by atoms with E-state index in [9.17, 15) is 43.2 Å². The molecule has 0 radical (unpaired) electrons. The van der Waals surface area contributed by atoms with Gasteiger partial charge in [-0.1, -0.05) is 426 Å². The van der Waals surface area contributed by atoms with E-state index in [0.717, 1.165) is 102 Å². The van der Waals surface area contributed by atoms with Gasteiger partial charge in [-0.2, -0.15) is 0 Å². The van der Waals surface area contributed by atoms with Crippen molar-refractivity contribution in [2.24, 2.45) is 5.92 Å². The zero-order valence-corrected chi connectivity index (χ0v) is 72.1. The summed E-state index contributed by atoms with van der Waals surface area (Å²) in [4.78, 5) is 73.2. The van der Waals surface area contributed by atoms with Crippen LogP contribution in [0.25, 0.3) is 0 Å². The van der Waals surface area contributed by atoms with Crippen LogP contribution in [0.5, 0.6) is 0 Å². The summed E-state index contributed by atoms with van der Waals surface area (Å²) in [6.45, 7) is 7.37. The van der Waals surface area contributed by atoms with Crippen LogP contribution in [0.3, 0.4) is 0 Å². The first-order valence-corrected chi connectivity index (χ1v) is 48.6. The fourth-order valence-electron chi connectivity index (χ4n) is 13.8. The number of carbonyl (C=O) groups excluding carboxylic acids is 4. The average Bonchev–Trinajstić information content (AvgIpc) is 0.900. The zero-order chi connectivity index (χ0) is 78.3. The molecule has 0 aliphatic carbocycles. The summed E-state index contributed by atoms with van der Waals surface area (Å²) in [6, 6.07) is 0. The highest BCUT2D eigenvalue weighted by Crippen LogP contribution is 2.45. The molecule has 17 nitrogen and oxygen atoms in total. The van der Waals surface area contributed by atoms with Crippen LogP contribution >= 0.6 is 15.6 Å². The van der Waals surface area contributed by atoms with Crippen LogP contribution in [-0.2, 0) is 65.4 Å². The molecule has 0 bridgehead atoms. The van der Waals surface area contributed by atoms with Crippen molar-refractivity contribution in [3.8, 4) is 0 Å². The monoisotopic (exact) mass is 1560 g/mol. The molecule has 2 unspecified atom stereocenters. The van der Waals surface area contributed by atoms with E-state index in [4.69, 9.17) is 37.0 Å². The van der Waals surface area contributed by atoms with Crippen molar-refractivity contribution >= 4 is 39.5 Å². The SMILES string of the molecule is CCCCCCCCCCCCCCCCCCCCCCCCC(=O)O[C@H](COC(=O)CCCCCCCCCCCCCCCCCCCCC)COP(=O)(O)OC[C@@H](O)COP(=O)(O)OC[C@@H](COC(=O)CCCCCCCCCC)OC(=O)CCCCCCCCCCCCCCCCCC(C)C. The fourth-order valence-corrected chi connectivity index (χ4v) is 15.4. The van der Waals surface area contributed by atoms with Gasteiger partial charge in [0, 0.05) is 25.7 Å².